The van der Waals surface area contributed by atoms with Crippen molar-refractivity contribution in [1.29, 1.82) is 0 Å². The van der Waals surface area contributed by atoms with Gasteiger partial charge in [-0.3, -0.25) is 4.79 Å². The van der Waals surface area contributed by atoms with E-state index in [0.717, 1.165) is 0 Å². The van der Waals surface area contributed by atoms with Crippen LogP contribution in [0.25, 0.3) is 0 Å². The molecule has 0 atom stereocenters. The summed E-state index contributed by atoms with van der Waals surface area (Å²) in [5.74, 6) is 0.453. The van der Waals surface area contributed by atoms with E-state index in [9.17, 15) is 4.79 Å². The summed E-state index contributed by atoms with van der Waals surface area (Å²) in [5, 5.41) is 0.977. The maximum atomic E-state index is 11.7. The van der Waals surface area contributed by atoms with Gasteiger partial charge in [0, 0.05) is 23.1 Å². The first-order chi connectivity index (χ1) is 8.06. The summed E-state index contributed by atoms with van der Waals surface area (Å²) in [6, 6.07) is 4.87. The number of rotatable bonds is 5. The van der Waals surface area contributed by atoms with Crippen molar-refractivity contribution in [2.24, 2.45) is 0 Å². The molecule has 0 saturated carbocycles. The SMILES string of the molecule is CCN(CC)C(=O)COc1cc(Cl)cc(Cl)c1. The lowest BCUT2D eigenvalue weighted by Crippen LogP contribution is -2.34. The Morgan fingerprint density at radius 1 is 1.18 bits per heavy atom. The fraction of sp³-hybridized carbons (Fsp3) is 0.417. The second kappa shape index (κ2) is 6.72. The summed E-state index contributed by atoms with van der Waals surface area (Å²) in [6.07, 6.45) is 0. The molecule has 0 aliphatic heterocycles. The van der Waals surface area contributed by atoms with Gasteiger partial charge in [-0.1, -0.05) is 23.2 Å². The van der Waals surface area contributed by atoms with Gasteiger partial charge in [-0.15, -0.1) is 0 Å². The van der Waals surface area contributed by atoms with Gasteiger partial charge in [0.05, 0.1) is 0 Å². The highest BCUT2D eigenvalue weighted by molar-refractivity contribution is 6.34. The number of nitrogens with zero attached hydrogens (tertiary/aromatic N) is 1. The topological polar surface area (TPSA) is 29.5 Å². The van der Waals surface area contributed by atoms with Crippen LogP contribution in [0.15, 0.2) is 18.2 Å². The highest BCUT2D eigenvalue weighted by Crippen LogP contribution is 2.24. The summed E-state index contributed by atoms with van der Waals surface area (Å²) < 4.78 is 5.35. The van der Waals surface area contributed by atoms with Gasteiger partial charge < -0.3 is 9.64 Å². The predicted molar refractivity (Wildman–Crippen MR) is 69.9 cm³/mol. The number of carbonyl (C=O) groups excluding carboxylic acids is 1. The molecule has 1 amide bonds. The van der Waals surface area contributed by atoms with Gasteiger partial charge in [-0.05, 0) is 32.0 Å². The Kier molecular flexibility index (Phi) is 5.59. The van der Waals surface area contributed by atoms with Gasteiger partial charge in [0.1, 0.15) is 5.75 Å². The maximum absolute atomic E-state index is 11.7. The van der Waals surface area contributed by atoms with E-state index in [1.54, 1.807) is 23.1 Å². The number of ether oxygens (including phenoxy) is 1. The lowest BCUT2D eigenvalue weighted by molar-refractivity contribution is -0.132. The average Bonchev–Trinajstić information content (AvgIpc) is 2.27. The fourth-order valence-electron chi connectivity index (χ4n) is 1.42. The van der Waals surface area contributed by atoms with Crippen molar-refractivity contribution in [2.75, 3.05) is 19.7 Å². The summed E-state index contributed by atoms with van der Waals surface area (Å²) >= 11 is 11.6. The van der Waals surface area contributed by atoms with Gasteiger partial charge >= 0.3 is 0 Å². The average molecular weight is 276 g/mol. The van der Waals surface area contributed by atoms with Crippen LogP contribution in [0.1, 0.15) is 13.8 Å². The minimum absolute atomic E-state index is 0.00164. The normalized spacial score (nSPS) is 10.1. The molecule has 1 aromatic carbocycles. The van der Waals surface area contributed by atoms with Crippen molar-refractivity contribution in [2.45, 2.75) is 13.8 Å². The number of likely N-dealkylation sites (N-methyl/N-ethyl adjacent to an activating group) is 1. The number of hydrogen-bond acceptors (Lipinski definition) is 2. The van der Waals surface area contributed by atoms with E-state index in [1.807, 2.05) is 13.8 Å². The van der Waals surface area contributed by atoms with Crippen molar-refractivity contribution in [3.8, 4) is 5.75 Å². The summed E-state index contributed by atoms with van der Waals surface area (Å²) in [7, 11) is 0. The molecule has 1 rings (SSSR count). The molecule has 3 nitrogen and oxygen atoms in total. The van der Waals surface area contributed by atoms with Crippen LogP contribution in [-0.4, -0.2) is 30.5 Å². The zero-order valence-electron chi connectivity index (χ0n) is 9.87. The number of hydrogen-bond donors (Lipinski definition) is 0. The molecule has 0 spiro atoms. The zero-order valence-corrected chi connectivity index (χ0v) is 11.4. The third-order valence-electron chi connectivity index (χ3n) is 2.31. The smallest absolute Gasteiger partial charge is 0.260 e. The molecular weight excluding hydrogens is 261 g/mol. The predicted octanol–water partition coefficient (Wildman–Crippen LogP) is 3.24. The lowest BCUT2D eigenvalue weighted by Gasteiger charge is -2.18. The maximum Gasteiger partial charge on any atom is 0.260 e. The van der Waals surface area contributed by atoms with Gasteiger partial charge in [0.15, 0.2) is 6.61 Å². The minimum Gasteiger partial charge on any atom is -0.484 e. The molecular formula is C12H15Cl2NO2. The molecule has 0 unspecified atom stereocenters. The second-order valence-electron chi connectivity index (χ2n) is 3.46. The summed E-state index contributed by atoms with van der Waals surface area (Å²) in [6.45, 7) is 5.21. The van der Waals surface area contributed by atoms with E-state index in [4.69, 9.17) is 27.9 Å². The number of carbonyl (C=O) groups is 1. The van der Waals surface area contributed by atoms with Crippen LogP contribution in [0.4, 0.5) is 0 Å². The standard InChI is InChI=1S/C12H15Cl2NO2/c1-3-15(4-2)12(16)8-17-11-6-9(13)5-10(14)7-11/h5-7H,3-4,8H2,1-2H3. The third-order valence-corrected chi connectivity index (χ3v) is 2.75. The minimum atomic E-state index is -0.0499. The Morgan fingerprint density at radius 3 is 2.18 bits per heavy atom. The summed E-state index contributed by atoms with van der Waals surface area (Å²) in [5.41, 5.74) is 0. The number of halogens is 2. The van der Waals surface area contributed by atoms with Gasteiger partial charge in [-0.2, -0.15) is 0 Å². The third kappa shape index (κ3) is 4.44. The summed E-state index contributed by atoms with van der Waals surface area (Å²) in [4.78, 5) is 13.4. The van der Waals surface area contributed by atoms with Gasteiger partial charge in [0.25, 0.3) is 5.91 Å². The van der Waals surface area contributed by atoms with Crippen LogP contribution in [0.3, 0.4) is 0 Å². The Hall–Kier alpha value is -0.930. The van der Waals surface area contributed by atoms with Crippen molar-refractivity contribution in [3.63, 3.8) is 0 Å². The number of amides is 1. The molecule has 5 heteroatoms. The van der Waals surface area contributed by atoms with E-state index in [0.29, 0.717) is 28.9 Å². The first-order valence-corrected chi connectivity index (χ1v) is 6.19. The highest BCUT2D eigenvalue weighted by atomic mass is 35.5. The van der Waals surface area contributed by atoms with Crippen molar-refractivity contribution >= 4 is 29.1 Å². The molecule has 1 aromatic rings. The lowest BCUT2D eigenvalue weighted by atomic mass is 10.3. The van der Waals surface area contributed by atoms with Crippen LogP contribution in [0.2, 0.25) is 10.0 Å². The van der Waals surface area contributed by atoms with Gasteiger partial charge in [0.2, 0.25) is 0 Å². The van der Waals surface area contributed by atoms with Crippen molar-refractivity contribution in [3.05, 3.63) is 28.2 Å². The fourth-order valence-corrected chi connectivity index (χ4v) is 1.93. The van der Waals surface area contributed by atoms with Crippen LogP contribution < -0.4 is 4.74 Å². The van der Waals surface area contributed by atoms with E-state index in [2.05, 4.69) is 0 Å². The van der Waals surface area contributed by atoms with Crippen LogP contribution in [0.5, 0.6) is 5.75 Å². The Morgan fingerprint density at radius 2 is 1.71 bits per heavy atom. The molecule has 0 N–H and O–H groups in total. The molecule has 0 saturated heterocycles. The molecule has 0 aromatic heterocycles. The molecule has 94 valence electrons. The van der Waals surface area contributed by atoms with Gasteiger partial charge in [-0.25, -0.2) is 0 Å². The Labute approximate surface area is 111 Å². The molecule has 0 fully saturated rings. The number of benzene rings is 1. The molecule has 0 aliphatic rings. The molecule has 0 heterocycles. The van der Waals surface area contributed by atoms with E-state index in [1.165, 1.54) is 0 Å². The van der Waals surface area contributed by atoms with E-state index >= 15 is 0 Å². The Bertz CT molecular complexity index is 372. The Balaban J connectivity index is 2.58. The largest absolute Gasteiger partial charge is 0.484 e. The highest BCUT2D eigenvalue weighted by Gasteiger charge is 2.10. The van der Waals surface area contributed by atoms with Crippen LogP contribution >= 0.6 is 23.2 Å². The van der Waals surface area contributed by atoms with Crippen LogP contribution in [0, 0.1) is 0 Å². The van der Waals surface area contributed by atoms with Crippen molar-refractivity contribution < 1.29 is 9.53 Å². The van der Waals surface area contributed by atoms with E-state index in [-0.39, 0.29) is 12.5 Å². The molecule has 0 aliphatic carbocycles. The van der Waals surface area contributed by atoms with Crippen molar-refractivity contribution in [1.82, 2.24) is 4.90 Å². The second-order valence-corrected chi connectivity index (χ2v) is 4.33. The van der Waals surface area contributed by atoms with E-state index < -0.39 is 0 Å². The van der Waals surface area contributed by atoms with Crippen LogP contribution in [-0.2, 0) is 4.79 Å². The first-order valence-electron chi connectivity index (χ1n) is 5.43. The molecule has 0 bridgehead atoms. The first kappa shape index (κ1) is 14.1. The molecule has 17 heavy (non-hydrogen) atoms. The molecule has 0 radical (unpaired) electrons. The quantitative estimate of drug-likeness (QED) is 0.826. The monoisotopic (exact) mass is 275 g/mol. The zero-order chi connectivity index (χ0) is 12.8.